The molecule has 322 valence electrons. The van der Waals surface area contributed by atoms with E-state index < -0.39 is 0 Å². The molecule has 0 radical (unpaired) electrons. The molecule has 0 heterocycles. The molecule has 1 heteroatoms. The van der Waals surface area contributed by atoms with Gasteiger partial charge in [0.25, 0.3) is 0 Å². The number of anilines is 3. The molecule has 0 unspecified atom stereocenters. The lowest BCUT2D eigenvalue weighted by molar-refractivity contribution is 1.28. The van der Waals surface area contributed by atoms with Gasteiger partial charge in [-0.15, -0.1) is 0 Å². The molecular weight excluding hydrogens is 831 g/mol. The standard InChI is InChI=1S/C68H45N/c1-3-18-49(19-4-1)67-65-30-12-11-29-63(65)64-41-37-53(45-66(64)68(67)50-20-5-2-6-21-50)51-23-13-25-57(43-51)69(58-26-14-24-54(44-58)61-31-15-22-47-16-7-9-27-59(47)61)56-38-34-46(35-39-56)52-36-40-62-55(42-52)33-32-48-17-8-10-28-60(48)62/h1-45H. The largest absolute Gasteiger partial charge is 0.310 e. The summed E-state index contributed by atoms with van der Waals surface area (Å²) in [4.78, 5) is 2.41. The maximum Gasteiger partial charge on any atom is 0.0467 e. The SMILES string of the molecule is c1ccc(-c2c(-c3ccccc3)c3cc(-c4cccc(N(c5ccc(-c6ccc7c(ccc8ccccc87)c6)cc5)c5cccc(-c6cccc7ccccc67)c5)c4)ccc3c3ccccc23)cc1. The average molecular weight is 876 g/mol. The zero-order valence-electron chi connectivity index (χ0n) is 37.9. The van der Waals surface area contributed by atoms with E-state index in [9.17, 15) is 0 Å². The molecule has 0 aliphatic heterocycles. The Hall–Kier alpha value is -9.04. The van der Waals surface area contributed by atoms with Gasteiger partial charge in [-0.2, -0.15) is 0 Å². The van der Waals surface area contributed by atoms with Crippen LogP contribution >= 0.6 is 0 Å². The summed E-state index contributed by atoms with van der Waals surface area (Å²) in [6.45, 7) is 0. The van der Waals surface area contributed by atoms with E-state index in [0.29, 0.717) is 0 Å². The van der Waals surface area contributed by atoms with Crippen molar-refractivity contribution in [3.05, 3.63) is 273 Å². The van der Waals surface area contributed by atoms with Crippen molar-refractivity contribution >= 4 is 70.9 Å². The summed E-state index contributed by atoms with van der Waals surface area (Å²) in [5.41, 5.74) is 15.3. The minimum atomic E-state index is 1.08. The van der Waals surface area contributed by atoms with Gasteiger partial charge in [0.15, 0.2) is 0 Å². The molecule has 13 aromatic rings. The third-order valence-corrected chi connectivity index (χ3v) is 14.0. The summed E-state index contributed by atoms with van der Waals surface area (Å²) in [6.07, 6.45) is 0. The highest BCUT2D eigenvalue weighted by Crippen LogP contribution is 2.46. The van der Waals surface area contributed by atoms with Crippen LogP contribution in [0.25, 0.3) is 109 Å². The first-order chi connectivity index (χ1) is 34.2. The second-order valence-electron chi connectivity index (χ2n) is 18.0. The van der Waals surface area contributed by atoms with Crippen molar-refractivity contribution in [1.82, 2.24) is 0 Å². The summed E-state index contributed by atoms with van der Waals surface area (Å²) < 4.78 is 0. The molecular formula is C68H45N. The molecule has 0 N–H and O–H groups in total. The van der Waals surface area contributed by atoms with Crippen LogP contribution in [0.5, 0.6) is 0 Å². The Bertz CT molecular complexity index is 4050. The molecule has 1 nitrogen and oxygen atoms in total. The van der Waals surface area contributed by atoms with Gasteiger partial charge < -0.3 is 4.90 Å². The van der Waals surface area contributed by atoms with Crippen LogP contribution in [0.2, 0.25) is 0 Å². The van der Waals surface area contributed by atoms with Crippen LogP contribution < -0.4 is 4.90 Å². The Morgan fingerprint density at radius 1 is 0.188 bits per heavy atom. The van der Waals surface area contributed by atoms with Crippen LogP contribution in [0.4, 0.5) is 17.1 Å². The highest BCUT2D eigenvalue weighted by molar-refractivity contribution is 6.22. The van der Waals surface area contributed by atoms with Gasteiger partial charge in [0.1, 0.15) is 0 Å². The molecule has 0 aromatic heterocycles. The topological polar surface area (TPSA) is 3.24 Å². The van der Waals surface area contributed by atoms with Crippen molar-refractivity contribution in [3.63, 3.8) is 0 Å². The van der Waals surface area contributed by atoms with Crippen molar-refractivity contribution in [3.8, 4) is 55.6 Å². The Labute approximate surface area is 402 Å². The monoisotopic (exact) mass is 875 g/mol. The number of fused-ring (bicyclic) bond motifs is 7. The molecule has 0 saturated carbocycles. The number of rotatable bonds is 8. The predicted molar refractivity (Wildman–Crippen MR) is 296 cm³/mol. The maximum absolute atomic E-state index is 2.42. The van der Waals surface area contributed by atoms with Gasteiger partial charge in [0, 0.05) is 17.1 Å². The second kappa shape index (κ2) is 17.0. The highest BCUT2D eigenvalue weighted by atomic mass is 15.1. The van der Waals surface area contributed by atoms with Crippen LogP contribution in [-0.4, -0.2) is 0 Å². The van der Waals surface area contributed by atoms with Gasteiger partial charge >= 0.3 is 0 Å². The zero-order valence-corrected chi connectivity index (χ0v) is 37.9. The van der Waals surface area contributed by atoms with Crippen molar-refractivity contribution < 1.29 is 0 Å². The first-order valence-corrected chi connectivity index (χ1v) is 23.8. The third kappa shape index (κ3) is 7.20. The first kappa shape index (κ1) is 40.3. The normalized spacial score (nSPS) is 11.5. The predicted octanol–water partition coefficient (Wildman–Crippen LogP) is 19.3. The molecule has 0 aliphatic carbocycles. The molecule has 0 saturated heterocycles. The number of benzene rings is 13. The van der Waals surface area contributed by atoms with Crippen LogP contribution in [0.3, 0.4) is 0 Å². The van der Waals surface area contributed by atoms with Gasteiger partial charge in [0.2, 0.25) is 0 Å². The van der Waals surface area contributed by atoms with Crippen LogP contribution in [0.1, 0.15) is 0 Å². The van der Waals surface area contributed by atoms with E-state index in [1.165, 1.54) is 104 Å². The van der Waals surface area contributed by atoms with Crippen molar-refractivity contribution in [1.29, 1.82) is 0 Å². The third-order valence-electron chi connectivity index (χ3n) is 14.0. The zero-order chi connectivity index (χ0) is 45.7. The Morgan fingerprint density at radius 3 is 1.36 bits per heavy atom. The van der Waals surface area contributed by atoms with E-state index in [1.54, 1.807) is 0 Å². The molecule has 0 spiro atoms. The van der Waals surface area contributed by atoms with Crippen LogP contribution in [0, 0.1) is 0 Å². The number of nitrogens with zero attached hydrogens (tertiary/aromatic N) is 1. The number of hydrogen-bond donors (Lipinski definition) is 0. The first-order valence-electron chi connectivity index (χ1n) is 23.8. The molecule has 0 bridgehead atoms. The van der Waals surface area contributed by atoms with E-state index in [0.717, 1.165) is 22.6 Å². The van der Waals surface area contributed by atoms with E-state index >= 15 is 0 Å². The Kier molecular flexibility index (Phi) is 9.91. The van der Waals surface area contributed by atoms with E-state index in [-0.39, 0.29) is 0 Å². The molecule has 13 aromatic carbocycles. The van der Waals surface area contributed by atoms with E-state index in [4.69, 9.17) is 0 Å². The summed E-state index contributed by atoms with van der Waals surface area (Å²) >= 11 is 0. The molecule has 0 aliphatic rings. The smallest absolute Gasteiger partial charge is 0.0467 e. The quantitative estimate of drug-likeness (QED) is 0.138. The summed E-state index contributed by atoms with van der Waals surface area (Å²) in [5, 5.41) is 12.5. The van der Waals surface area contributed by atoms with Gasteiger partial charge in [-0.1, -0.05) is 224 Å². The Balaban J connectivity index is 0.966. The van der Waals surface area contributed by atoms with Gasteiger partial charge in [0.05, 0.1) is 0 Å². The minimum Gasteiger partial charge on any atom is -0.310 e. The van der Waals surface area contributed by atoms with Gasteiger partial charge in [-0.3, -0.25) is 0 Å². The van der Waals surface area contributed by atoms with Crippen LogP contribution in [-0.2, 0) is 0 Å². The number of hydrogen-bond acceptors (Lipinski definition) is 1. The fourth-order valence-electron chi connectivity index (χ4n) is 10.7. The lowest BCUT2D eigenvalue weighted by Gasteiger charge is -2.27. The molecule has 0 fully saturated rings. The second-order valence-corrected chi connectivity index (χ2v) is 18.0. The van der Waals surface area contributed by atoms with Crippen molar-refractivity contribution in [2.24, 2.45) is 0 Å². The fourth-order valence-corrected chi connectivity index (χ4v) is 10.7. The highest BCUT2D eigenvalue weighted by Gasteiger charge is 2.20. The molecule has 69 heavy (non-hydrogen) atoms. The van der Waals surface area contributed by atoms with Crippen molar-refractivity contribution in [2.45, 2.75) is 0 Å². The maximum atomic E-state index is 2.42. The van der Waals surface area contributed by atoms with Gasteiger partial charge in [-0.25, -0.2) is 0 Å². The fraction of sp³-hybridized carbons (Fsp3) is 0. The minimum absolute atomic E-state index is 1.08. The molecule has 0 amide bonds. The summed E-state index contributed by atoms with van der Waals surface area (Å²) in [7, 11) is 0. The average Bonchev–Trinajstić information content (AvgIpc) is 3.43. The lowest BCUT2D eigenvalue weighted by Crippen LogP contribution is -2.10. The molecule has 0 atom stereocenters. The Morgan fingerprint density at radius 2 is 0.638 bits per heavy atom. The molecule has 13 rings (SSSR count). The van der Waals surface area contributed by atoms with Crippen molar-refractivity contribution in [2.75, 3.05) is 4.90 Å². The summed E-state index contributed by atoms with van der Waals surface area (Å²) in [5.74, 6) is 0. The van der Waals surface area contributed by atoms with E-state index in [1.807, 2.05) is 0 Å². The van der Waals surface area contributed by atoms with Crippen LogP contribution in [0.15, 0.2) is 273 Å². The van der Waals surface area contributed by atoms with Gasteiger partial charge in [-0.05, 0) is 158 Å². The lowest BCUT2D eigenvalue weighted by atomic mass is 9.84. The summed E-state index contributed by atoms with van der Waals surface area (Å²) in [6, 6.07) is 100. The van der Waals surface area contributed by atoms with E-state index in [2.05, 4.69) is 278 Å².